The van der Waals surface area contributed by atoms with Crippen molar-refractivity contribution in [2.24, 2.45) is 11.8 Å². The summed E-state index contributed by atoms with van der Waals surface area (Å²) in [6, 6.07) is 0. The van der Waals surface area contributed by atoms with Gasteiger partial charge in [0.05, 0.1) is 0 Å². The summed E-state index contributed by atoms with van der Waals surface area (Å²) in [5, 5.41) is 0. The highest BCUT2D eigenvalue weighted by molar-refractivity contribution is 14.1. The number of alkyl halides is 1. The Hall–Kier alpha value is 0.940. The first kappa shape index (κ1) is 17.9. The van der Waals surface area contributed by atoms with Crippen molar-refractivity contribution in [3.05, 3.63) is 21.3 Å². The maximum absolute atomic E-state index is 2.44. The predicted octanol–water partition coefficient (Wildman–Crippen LogP) is 6.54. The summed E-state index contributed by atoms with van der Waals surface area (Å²) in [5.41, 5.74) is 3.17. The number of hydrogen-bond acceptors (Lipinski definition) is 0. The summed E-state index contributed by atoms with van der Waals surface area (Å²) in [6.45, 7) is 9.28. The molecule has 0 saturated heterocycles. The Labute approximate surface area is 135 Å². The first-order chi connectivity index (χ1) is 8.08. The number of halogens is 2. The maximum atomic E-state index is 2.44. The number of allylic oxidation sites excluding steroid dienone is 3. The molecule has 1 unspecified atom stereocenters. The second kappa shape index (κ2) is 10.8. The van der Waals surface area contributed by atoms with Crippen molar-refractivity contribution in [1.29, 1.82) is 0 Å². The second-order valence-electron chi connectivity index (χ2n) is 4.88. The first-order valence-electron chi connectivity index (χ1n) is 6.58. The molecule has 0 bridgehead atoms. The summed E-state index contributed by atoms with van der Waals surface area (Å²) in [6.07, 6.45) is 7.47. The van der Waals surface area contributed by atoms with Crippen LogP contribution in [0, 0.1) is 11.8 Å². The zero-order chi connectivity index (χ0) is 13.3. The van der Waals surface area contributed by atoms with Crippen molar-refractivity contribution in [3.63, 3.8) is 0 Å². The highest BCUT2D eigenvalue weighted by Crippen LogP contribution is 2.29. The van der Waals surface area contributed by atoms with Gasteiger partial charge in [-0.05, 0) is 42.1 Å². The van der Waals surface area contributed by atoms with Crippen molar-refractivity contribution in [2.45, 2.75) is 53.4 Å². The molecular weight excluding hydrogens is 434 g/mol. The van der Waals surface area contributed by atoms with Gasteiger partial charge in [-0.1, -0.05) is 89.6 Å². The summed E-state index contributed by atoms with van der Waals surface area (Å²) in [7, 11) is 0. The molecule has 0 aliphatic rings. The molecule has 0 aliphatic carbocycles. The van der Waals surface area contributed by atoms with Crippen LogP contribution in [0.1, 0.15) is 53.4 Å². The van der Waals surface area contributed by atoms with Crippen molar-refractivity contribution in [3.8, 4) is 0 Å². The lowest BCUT2D eigenvalue weighted by molar-refractivity contribution is 0.340. The van der Waals surface area contributed by atoms with Gasteiger partial charge in [-0.25, -0.2) is 0 Å². The van der Waals surface area contributed by atoms with Gasteiger partial charge < -0.3 is 0 Å². The van der Waals surface area contributed by atoms with E-state index in [-0.39, 0.29) is 0 Å². The average Bonchev–Trinajstić information content (AvgIpc) is 2.34. The van der Waals surface area contributed by atoms with E-state index in [9.17, 15) is 0 Å². The van der Waals surface area contributed by atoms with Gasteiger partial charge in [0.15, 0.2) is 0 Å². The van der Waals surface area contributed by atoms with Gasteiger partial charge in [0.2, 0.25) is 0 Å². The summed E-state index contributed by atoms with van der Waals surface area (Å²) < 4.78 is 3.38. The Morgan fingerprint density at radius 3 is 2.29 bits per heavy atom. The summed E-state index contributed by atoms with van der Waals surface area (Å²) in [5.74, 6) is 1.64. The van der Waals surface area contributed by atoms with Gasteiger partial charge in [0.25, 0.3) is 0 Å². The molecule has 0 aromatic rings. The minimum atomic E-state index is 0.806. The van der Waals surface area contributed by atoms with Gasteiger partial charge in [0, 0.05) is 4.43 Å². The lowest BCUT2D eigenvalue weighted by Crippen LogP contribution is -2.12. The van der Waals surface area contributed by atoms with Crippen LogP contribution in [0.3, 0.4) is 0 Å². The molecule has 0 rings (SSSR count). The van der Waals surface area contributed by atoms with Crippen LogP contribution in [-0.4, -0.2) is 4.43 Å². The van der Waals surface area contributed by atoms with Gasteiger partial charge in [0.1, 0.15) is 0 Å². The third-order valence-electron chi connectivity index (χ3n) is 3.50. The molecule has 0 aromatic heterocycles. The van der Waals surface area contributed by atoms with Gasteiger partial charge in [-0.3, -0.25) is 0 Å². The highest BCUT2D eigenvalue weighted by Gasteiger charge is 2.16. The molecule has 0 heterocycles. The molecular formula is C15H26I2. The van der Waals surface area contributed by atoms with Crippen LogP contribution in [0.25, 0.3) is 0 Å². The molecule has 2 heteroatoms. The van der Waals surface area contributed by atoms with Crippen LogP contribution >= 0.6 is 45.2 Å². The lowest BCUT2D eigenvalue weighted by Gasteiger charge is -2.24. The van der Waals surface area contributed by atoms with E-state index >= 15 is 0 Å². The highest BCUT2D eigenvalue weighted by atomic mass is 127. The monoisotopic (exact) mass is 460 g/mol. The van der Waals surface area contributed by atoms with Crippen molar-refractivity contribution >= 4 is 45.2 Å². The van der Waals surface area contributed by atoms with Crippen LogP contribution in [0.2, 0.25) is 0 Å². The fourth-order valence-electron chi connectivity index (χ4n) is 2.27. The Balaban J connectivity index is 4.43. The standard InChI is InChI=1S/C15H26I2/c1-5-14(7-8-16)10-13(4)15(6-2)9-12(3)11-17/h7,11,13,15H,5-6,8-10H2,1-4H3/b12-11-,14-7+/t13-,15?/m0/s1. The van der Waals surface area contributed by atoms with E-state index in [1.54, 1.807) is 5.57 Å². The van der Waals surface area contributed by atoms with E-state index in [0.717, 1.165) is 16.3 Å². The maximum Gasteiger partial charge on any atom is 0.0178 e. The van der Waals surface area contributed by atoms with E-state index in [0.29, 0.717) is 0 Å². The molecule has 0 aliphatic heterocycles. The van der Waals surface area contributed by atoms with E-state index in [1.807, 2.05) is 0 Å². The summed E-state index contributed by atoms with van der Waals surface area (Å²) in [4.78, 5) is 0. The van der Waals surface area contributed by atoms with Crippen LogP contribution in [0.5, 0.6) is 0 Å². The van der Waals surface area contributed by atoms with Crippen LogP contribution in [0.15, 0.2) is 21.3 Å². The third-order valence-corrected chi connectivity index (χ3v) is 5.01. The topological polar surface area (TPSA) is 0 Å². The first-order valence-corrected chi connectivity index (χ1v) is 9.35. The van der Waals surface area contributed by atoms with Gasteiger partial charge in [-0.15, -0.1) is 0 Å². The van der Waals surface area contributed by atoms with E-state index in [1.165, 1.54) is 31.3 Å². The molecule has 100 valence electrons. The van der Waals surface area contributed by atoms with Crippen LogP contribution < -0.4 is 0 Å². The van der Waals surface area contributed by atoms with Crippen LogP contribution in [-0.2, 0) is 0 Å². The fraction of sp³-hybridized carbons (Fsp3) is 0.733. The minimum absolute atomic E-state index is 0.806. The molecule has 0 aromatic carbocycles. The molecule has 2 atom stereocenters. The minimum Gasteiger partial charge on any atom is -0.0818 e. The SMILES string of the molecule is CC/C(=C\CI)C[C@H](C)C(CC)C/C(C)=C\I. The lowest BCUT2D eigenvalue weighted by atomic mass is 9.82. The van der Waals surface area contributed by atoms with E-state index in [2.05, 4.69) is 83.0 Å². The third kappa shape index (κ3) is 7.85. The average molecular weight is 460 g/mol. The Morgan fingerprint density at radius 2 is 1.88 bits per heavy atom. The molecule has 0 spiro atoms. The second-order valence-corrected chi connectivity index (χ2v) is 6.38. The molecule has 0 nitrogen and oxygen atoms in total. The largest absolute Gasteiger partial charge is 0.0818 e. The van der Waals surface area contributed by atoms with Crippen molar-refractivity contribution in [1.82, 2.24) is 0 Å². The van der Waals surface area contributed by atoms with Crippen molar-refractivity contribution in [2.75, 3.05) is 4.43 Å². The van der Waals surface area contributed by atoms with E-state index in [4.69, 9.17) is 0 Å². The molecule has 0 fully saturated rings. The fourth-order valence-corrected chi connectivity index (χ4v) is 3.14. The van der Waals surface area contributed by atoms with Crippen molar-refractivity contribution < 1.29 is 0 Å². The number of hydrogen-bond donors (Lipinski definition) is 0. The van der Waals surface area contributed by atoms with E-state index < -0.39 is 0 Å². The number of rotatable bonds is 8. The Morgan fingerprint density at radius 1 is 1.24 bits per heavy atom. The molecule has 0 amide bonds. The smallest absolute Gasteiger partial charge is 0.0178 e. The molecule has 0 saturated carbocycles. The zero-order valence-electron chi connectivity index (χ0n) is 11.6. The quantitative estimate of drug-likeness (QED) is 0.219. The van der Waals surface area contributed by atoms with Crippen LogP contribution in [0.4, 0.5) is 0 Å². The predicted molar refractivity (Wildman–Crippen MR) is 97.2 cm³/mol. The normalized spacial score (nSPS) is 17.1. The summed E-state index contributed by atoms with van der Waals surface area (Å²) >= 11 is 4.80. The molecule has 17 heavy (non-hydrogen) atoms. The molecule has 0 N–H and O–H groups in total. The van der Waals surface area contributed by atoms with Gasteiger partial charge >= 0.3 is 0 Å². The Kier molecular flexibility index (Phi) is 11.4. The zero-order valence-corrected chi connectivity index (χ0v) is 15.9. The molecule has 0 radical (unpaired) electrons. The Bertz CT molecular complexity index is 254. The van der Waals surface area contributed by atoms with Gasteiger partial charge in [-0.2, -0.15) is 0 Å².